The van der Waals surface area contributed by atoms with Crippen LogP contribution < -0.4 is 5.73 Å². The van der Waals surface area contributed by atoms with Crippen LogP contribution >= 0.6 is 0 Å². The average molecular weight is 382 g/mol. The van der Waals surface area contributed by atoms with Gasteiger partial charge in [0.05, 0.1) is 6.04 Å². The lowest BCUT2D eigenvalue weighted by molar-refractivity contribution is -0.192. The van der Waals surface area contributed by atoms with Crippen molar-refractivity contribution < 1.29 is 37.8 Å². The molecule has 1 aliphatic heterocycles. The molecular weight excluding hydrogens is 357 g/mol. The summed E-state index contributed by atoms with van der Waals surface area (Å²) in [4.78, 5) is 34.3. The van der Waals surface area contributed by atoms with E-state index in [9.17, 15) is 27.9 Å². The van der Waals surface area contributed by atoms with Crippen LogP contribution in [0.5, 0.6) is 0 Å². The highest BCUT2D eigenvalue weighted by Gasteiger charge is 2.69. The number of hydrogen-bond acceptors (Lipinski definition) is 4. The zero-order valence-corrected chi connectivity index (χ0v) is 15.3. The Morgan fingerprint density at radius 2 is 1.58 bits per heavy atom. The monoisotopic (exact) mass is 382 g/mol. The van der Waals surface area contributed by atoms with Crippen molar-refractivity contribution in [1.82, 2.24) is 4.90 Å². The molecule has 0 bridgehead atoms. The van der Waals surface area contributed by atoms with E-state index < -0.39 is 30.2 Å². The molecule has 10 heteroatoms. The average Bonchev–Trinajstić information content (AvgIpc) is 2.84. The normalized spacial score (nSPS) is 27.7. The third-order valence-electron chi connectivity index (χ3n) is 5.19. The maximum absolute atomic E-state index is 12.4. The number of nitrogens with two attached hydrogens (primary N) is 1. The first-order valence-electron chi connectivity index (χ1n) is 8.03. The molecule has 7 nitrogen and oxygen atoms in total. The van der Waals surface area contributed by atoms with E-state index in [1.54, 1.807) is 0 Å². The fourth-order valence-corrected chi connectivity index (χ4v) is 3.34. The van der Waals surface area contributed by atoms with Gasteiger partial charge in [-0.05, 0) is 16.7 Å². The number of halogens is 3. The topological polar surface area (TPSA) is 121 Å². The fraction of sp³-hybridized carbons (Fsp3) is 0.812. The molecule has 1 saturated heterocycles. The number of likely N-dealkylation sites (tertiary alicyclic amines) is 1. The van der Waals surface area contributed by atoms with E-state index in [2.05, 4.69) is 13.8 Å². The van der Waals surface area contributed by atoms with E-state index in [1.165, 1.54) is 4.90 Å². The van der Waals surface area contributed by atoms with Gasteiger partial charge in [-0.3, -0.25) is 4.79 Å². The van der Waals surface area contributed by atoms with Crippen LogP contribution in [0.15, 0.2) is 0 Å². The number of fused-ring (bicyclic) bond motifs is 1. The number of piperidine rings is 1. The number of nitrogens with zero attached hydrogens (tertiary/aromatic N) is 1. The number of amides is 1. The molecule has 1 unspecified atom stereocenters. The number of carbonyl (C=O) groups is 3. The van der Waals surface area contributed by atoms with Crippen LogP contribution in [0, 0.1) is 22.7 Å². The Morgan fingerprint density at radius 3 is 1.88 bits per heavy atom. The minimum atomic E-state index is -5.08. The first-order chi connectivity index (χ1) is 11.4. The zero-order chi connectivity index (χ0) is 20.8. The predicted octanol–water partition coefficient (Wildman–Crippen LogP) is 1.56. The number of rotatable bonds is 2. The van der Waals surface area contributed by atoms with Crippen LogP contribution in [0.4, 0.5) is 13.2 Å². The third kappa shape index (κ3) is 4.28. The number of carboxylic acids is 2. The van der Waals surface area contributed by atoms with Gasteiger partial charge in [-0.15, -0.1) is 0 Å². The quantitative estimate of drug-likeness (QED) is 0.666. The first-order valence-corrected chi connectivity index (χ1v) is 8.03. The second kappa shape index (κ2) is 6.71. The molecule has 0 aromatic heterocycles. The summed E-state index contributed by atoms with van der Waals surface area (Å²) in [6, 6.07) is -1.36. The predicted molar refractivity (Wildman–Crippen MR) is 85.0 cm³/mol. The molecule has 4 N–H and O–H groups in total. The lowest BCUT2D eigenvalue weighted by Gasteiger charge is -2.34. The van der Waals surface area contributed by atoms with E-state index in [-0.39, 0.29) is 22.7 Å². The molecule has 0 radical (unpaired) electrons. The summed E-state index contributed by atoms with van der Waals surface area (Å²) in [5.74, 6) is -3.53. The van der Waals surface area contributed by atoms with Crippen LogP contribution in [0.1, 0.15) is 34.6 Å². The summed E-state index contributed by atoms with van der Waals surface area (Å²) in [7, 11) is 0. The second-order valence-corrected chi connectivity index (χ2v) is 8.37. The Morgan fingerprint density at radius 1 is 1.15 bits per heavy atom. The number of carbonyl (C=O) groups excluding carboxylic acids is 1. The number of hydrogen-bond donors (Lipinski definition) is 3. The number of aliphatic carboxylic acids is 2. The van der Waals surface area contributed by atoms with E-state index >= 15 is 0 Å². The maximum Gasteiger partial charge on any atom is 0.490 e. The van der Waals surface area contributed by atoms with Gasteiger partial charge in [0, 0.05) is 12.5 Å². The van der Waals surface area contributed by atoms with E-state index in [1.807, 2.05) is 20.8 Å². The molecule has 0 spiro atoms. The van der Waals surface area contributed by atoms with Gasteiger partial charge >= 0.3 is 18.1 Å². The molecule has 4 atom stereocenters. The van der Waals surface area contributed by atoms with Crippen molar-refractivity contribution in [3.05, 3.63) is 0 Å². The van der Waals surface area contributed by atoms with Crippen molar-refractivity contribution in [2.24, 2.45) is 28.4 Å². The SMILES string of the molecule is CC(C)(C)C(N)C(=O)N1C[C@H]2[C@@H]([C@H]1C(=O)O)C2(C)C.O=C(O)C(F)(F)F. The van der Waals surface area contributed by atoms with Gasteiger partial charge in [0.2, 0.25) is 5.91 Å². The Hall–Kier alpha value is -1.84. The summed E-state index contributed by atoms with van der Waals surface area (Å²) in [5.41, 5.74) is 5.65. The summed E-state index contributed by atoms with van der Waals surface area (Å²) < 4.78 is 31.7. The Kier molecular flexibility index (Phi) is 5.73. The molecular formula is C16H25F3N2O5. The third-order valence-corrected chi connectivity index (χ3v) is 5.19. The minimum absolute atomic E-state index is 0.0334. The lowest BCUT2D eigenvalue weighted by atomic mass is 9.86. The van der Waals surface area contributed by atoms with Crippen LogP contribution in [0.2, 0.25) is 0 Å². The Balaban J connectivity index is 0.000000412. The van der Waals surface area contributed by atoms with E-state index in [0.29, 0.717) is 12.5 Å². The van der Waals surface area contributed by atoms with Gasteiger partial charge in [0.25, 0.3) is 0 Å². The van der Waals surface area contributed by atoms with Crippen molar-refractivity contribution >= 4 is 17.8 Å². The van der Waals surface area contributed by atoms with Crippen LogP contribution in [-0.4, -0.2) is 57.8 Å². The van der Waals surface area contributed by atoms with Gasteiger partial charge in [-0.1, -0.05) is 34.6 Å². The highest BCUT2D eigenvalue weighted by Crippen LogP contribution is 2.64. The van der Waals surface area contributed by atoms with Gasteiger partial charge in [-0.25, -0.2) is 9.59 Å². The second-order valence-electron chi connectivity index (χ2n) is 8.37. The molecule has 0 aromatic carbocycles. The van der Waals surface area contributed by atoms with Crippen LogP contribution in [0.25, 0.3) is 0 Å². The smallest absolute Gasteiger partial charge is 0.480 e. The maximum atomic E-state index is 12.4. The summed E-state index contributed by atoms with van der Waals surface area (Å²) in [5, 5.41) is 16.5. The molecule has 150 valence electrons. The van der Waals surface area contributed by atoms with E-state index in [0.717, 1.165) is 0 Å². The first kappa shape index (κ1) is 22.2. The standard InChI is InChI=1S/C14H24N2O3.C2HF3O2/c1-13(2,3)10(15)11(17)16-6-7-8(14(7,4)5)9(16)12(18)19;3-2(4,5)1(6)7/h7-10H,6,15H2,1-5H3,(H,18,19);(H,6,7)/t7-,8-,9-,10?;/m0./s1. The summed E-state index contributed by atoms with van der Waals surface area (Å²) in [6.45, 7) is 10.4. The number of carboxylic acid groups (broad SMARTS) is 2. The van der Waals surface area contributed by atoms with Crippen molar-refractivity contribution in [3.8, 4) is 0 Å². The van der Waals surface area contributed by atoms with E-state index in [4.69, 9.17) is 15.6 Å². The molecule has 1 heterocycles. The molecule has 2 rings (SSSR count). The van der Waals surface area contributed by atoms with Crippen LogP contribution in [0.3, 0.4) is 0 Å². The molecule has 26 heavy (non-hydrogen) atoms. The van der Waals surface area contributed by atoms with Crippen molar-refractivity contribution in [2.75, 3.05) is 6.54 Å². The minimum Gasteiger partial charge on any atom is -0.480 e. The highest BCUT2D eigenvalue weighted by atomic mass is 19.4. The molecule has 1 saturated carbocycles. The zero-order valence-electron chi connectivity index (χ0n) is 15.3. The van der Waals surface area contributed by atoms with Gasteiger partial charge in [0.15, 0.2) is 0 Å². The summed E-state index contributed by atoms with van der Waals surface area (Å²) in [6.07, 6.45) is -5.08. The van der Waals surface area contributed by atoms with Gasteiger partial charge in [0.1, 0.15) is 6.04 Å². The van der Waals surface area contributed by atoms with Crippen LogP contribution in [-0.2, 0) is 14.4 Å². The molecule has 1 amide bonds. The van der Waals surface area contributed by atoms with Gasteiger partial charge in [-0.2, -0.15) is 13.2 Å². The van der Waals surface area contributed by atoms with Gasteiger partial charge < -0.3 is 20.8 Å². The van der Waals surface area contributed by atoms with Crippen molar-refractivity contribution in [2.45, 2.75) is 52.9 Å². The summed E-state index contributed by atoms with van der Waals surface area (Å²) >= 11 is 0. The Labute approximate surface area is 149 Å². The molecule has 2 fully saturated rings. The molecule has 1 aliphatic carbocycles. The molecule has 2 aliphatic rings. The fourth-order valence-electron chi connectivity index (χ4n) is 3.34. The van der Waals surface area contributed by atoms with Crippen molar-refractivity contribution in [3.63, 3.8) is 0 Å². The number of alkyl halides is 3. The van der Waals surface area contributed by atoms with Crippen molar-refractivity contribution in [1.29, 1.82) is 0 Å². The molecule has 0 aromatic rings. The highest BCUT2D eigenvalue weighted by molar-refractivity contribution is 5.89. The largest absolute Gasteiger partial charge is 0.490 e. The lowest BCUT2D eigenvalue weighted by Crippen LogP contribution is -2.55. The Bertz CT molecular complexity index is 598.